The van der Waals surface area contributed by atoms with Crippen molar-refractivity contribution in [2.24, 2.45) is 0 Å². The normalized spacial score (nSPS) is 14.2. The maximum atomic E-state index is 15.3. The number of aryl methyl sites for hydroxylation is 1. The minimum Gasteiger partial charge on any atom is -0.421 e. The van der Waals surface area contributed by atoms with Gasteiger partial charge in [-0.2, -0.15) is 28.2 Å². The van der Waals surface area contributed by atoms with E-state index in [-0.39, 0.29) is 28.5 Å². The molecular formula is C30H27F5N8O. The smallest absolute Gasteiger partial charge is 0.416 e. The van der Waals surface area contributed by atoms with E-state index in [9.17, 15) is 17.6 Å². The van der Waals surface area contributed by atoms with Crippen LogP contribution in [0.25, 0.3) is 17.0 Å². The minimum absolute atomic E-state index is 0.0264. The van der Waals surface area contributed by atoms with Crippen LogP contribution in [0, 0.1) is 18.6 Å². The first kappa shape index (κ1) is 29.0. The highest BCUT2D eigenvalue weighted by molar-refractivity contribution is 5.83. The zero-order chi connectivity index (χ0) is 31.0. The first-order valence-electron chi connectivity index (χ1n) is 13.7. The molecule has 6 rings (SSSR count). The molecule has 0 saturated carbocycles. The fourth-order valence-corrected chi connectivity index (χ4v) is 5.06. The zero-order valence-electron chi connectivity index (χ0n) is 23.6. The Bertz CT molecular complexity index is 1840. The third-order valence-electron chi connectivity index (χ3n) is 7.14. The number of piperazine rings is 1. The number of allylic oxidation sites excluding steroid dienone is 1. The number of anilines is 4. The van der Waals surface area contributed by atoms with Gasteiger partial charge in [-0.05, 0) is 44.2 Å². The first-order valence-corrected chi connectivity index (χ1v) is 13.7. The van der Waals surface area contributed by atoms with Gasteiger partial charge in [0.15, 0.2) is 23.2 Å². The number of benzene rings is 2. The number of rotatable bonds is 7. The van der Waals surface area contributed by atoms with E-state index in [2.05, 4.69) is 30.5 Å². The number of hydrogen-bond donors (Lipinski definition) is 3. The van der Waals surface area contributed by atoms with Crippen molar-refractivity contribution in [3.05, 3.63) is 83.2 Å². The molecule has 1 aliphatic heterocycles. The standard InChI is InChI=1S/C30H27F5N8O/c1-3-5-19-14-25(41-40-19)37-24-16-26(43-10-8-42(9-11-43)20-7-4-6-18(13-20)30(33,34)35)39-29(38-24)44-23-15-22(31)28-21(27(23)32)12-17(2)36-28/h3-7,12-16,36H,8-11H2,1-2H3,(H2,37,38,39,40,41)/b5-3+. The molecule has 0 radical (unpaired) electrons. The van der Waals surface area contributed by atoms with Crippen molar-refractivity contribution in [2.75, 3.05) is 41.3 Å². The van der Waals surface area contributed by atoms with Gasteiger partial charge < -0.3 is 24.8 Å². The monoisotopic (exact) mass is 610 g/mol. The van der Waals surface area contributed by atoms with Crippen LogP contribution in [0.2, 0.25) is 0 Å². The van der Waals surface area contributed by atoms with E-state index in [0.717, 1.165) is 23.9 Å². The molecular weight excluding hydrogens is 583 g/mol. The lowest BCUT2D eigenvalue weighted by atomic mass is 10.1. The van der Waals surface area contributed by atoms with E-state index in [0.29, 0.717) is 49.2 Å². The number of nitrogens with zero attached hydrogens (tertiary/aromatic N) is 5. The summed E-state index contributed by atoms with van der Waals surface area (Å²) in [5.41, 5.74) is 1.12. The number of fused-ring (bicyclic) bond motifs is 1. The largest absolute Gasteiger partial charge is 0.421 e. The third kappa shape index (κ3) is 6.00. The van der Waals surface area contributed by atoms with Gasteiger partial charge in [0.25, 0.3) is 0 Å². The molecule has 0 atom stereocenters. The lowest BCUT2D eigenvalue weighted by Crippen LogP contribution is -2.47. The summed E-state index contributed by atoms with van der Waals surface area (Å²) in [6.07, 6.45) is -0.757. The number of H-pyrrole nitrogens is 2. The van der Waals surface area contributed by atoms with E-state index < -0.39 is 23.4 Å². The molecule has 228 valence electrons. The highest BCUT2D eigenvalue weighted by atomic mass is 19.4. The molecule has 2 aromatic carbocycles. The average molecular weight is 611 g/mol. The second-order valence-electron chi connectivity index (χ2n) is 10.3. The fraction of sp³-hybridized carbons (Fsp3) is 0.233. The van der Waals surface area contributed by atoms with Crippen LogP contribution < -0.4 is 19.9 Å². The Morgan fingerprint density at radius 1 is 0.955 bits per heavy atom. The molecule has 0 unspecified atom stereocenters. The molecule has 1 aliphatic rings. The van der Waals surface area contributed by atoms with Gasteiger partial charge in [-0.15, -0.1) is 0 Å². The maximum Gasteiger partial charge on any atom is 0.416 e. The number of ether oxygens (including phenoxy) is 1. The molecule has 14 heteroatoms. The van der Waals surface area contributed by atoms with Crippen LogP contribution in [0.4, 0.5) is 45.1 Å². The zero-order valence-corrected chi connectivity index (χ0v) is 23.6. The Balaban J connectivity index is 1.28. The molecule has 1 fully saturated rings. The van der Waals surface area contributed by atoms with Gasteiger partial charge in [-0.3, -0.25) is 5.10 Å². The summed E-state index contributed by atoms with van der Waals surface area (Å²) >= 11 is 0. The van der Waals surface area contributed by atoms with Crippen LogP contribution in [0.3, 0.4) is 0 Å². The second kappa shape index (κ2) is 11.5. The molecule has 3 N–H and O–H groups in total. The number of halogens is 5. The van der Waals surface area contributed by atoms with Crippen LogP contribution in [0.5, 0.6) is 11.8 Å². The summed E-state index contributed by atoms with van der Waals surface area (Å²) in [5, 5.41) is 10.2. The van der Waals surface area contributed by atoms with Crippen LogP contribution in [-0.2, 0) is 6.18 Å². The van der Waals surface area contributed by atoms with Gasteiger partial charge in [0.05, 0.1) is 16.8 Å². The number of aromatic nitrogens is 5. The summed E-state index contributed by atoms with van der Waals surface area (Å²) in [5.74, 6) is -0.704. The minimum atomic E-state index is -4.44. The highest BCUT2D eigenvalue weighted by Crippen LogP contribution is 2.34. The van der Waals surface area contributed by atoms with Gasteiger partial charge in [0.1, 0.15) is 11.6 Å². The number of alkyl halides is 3. The summed E-state index contributed by atoms with van der Waals surface area (Å²) in [6.45, 7) is 5.22. The van der Waals surface area contributed by atoms with Gasteiger partial charge in [0, 0.05) is 61.1 Å². The van der Waals surface area contributed by atoms with E-state index in [1.807, 2.05) is 28.9 Å². The van der Waals surface area contributed by atoms with Crippen molar-refractivity contribution in [1.82, 2.24) is 25.1 Å². The lowest BCUT2D eigenvalue weighted by molar-refractivity contribution is -0.137. The Labute approximate surface area is 248 Å². The number of nitrogens with one attached hydrogen (secondary N) is 3. The van der Waals surface area contributed by atoms with Crippen LogP contribution in [0.1, 0.15) is 23.9 Å². The summed E-state index contributed by atoms with van der Waals surface area (Å²) in [6, 6.07) is 10.8. The third-order valence-corrected chi connectivity index (χ3v) is 7.14. The highest BCUT2D eigenvalue weighted by Gasteiger charge is 2.31. The molecule has 44 heavy (non-hydrogen) atoms. The number of hydrogen-bond acceptors (Lipinski definition) is 7. The fourth-order valence-electron chi connectivity index (χ4n) is 5.06. The molecule has 0 aliphatic carbocycles. The van der Waals surface area contributed by atoms with Gasteiger partial charge in [-0.25, -0.2) is 8.78 Å². The summed E-state index contributed by atoms with van der Waals surface area (Å²) < 4.78 is 75.6. The van der Waals surface area contributed by atoms with Crippen LogP contribution in [-0.4, -0.2) is 51.3 Å². The van der Waals surface area contributed by atoms with Crippen LogP contribution >= 0.6 is 0 Å². The second-order valence-corrected chi connectivity index (χ2v) is 10.3. The molecule has 9 nitrogen and oxygen atoms in total. The van der Waals surface area contributed by atoms with E-state index >= 15 is 4.39 Å². The Morgan fingerprint density at radius 2 is 1.73 bits per heavy atom. The van der Waals surface area contributed by atoms with Gasteiger partial charge in [-0.1, -0.05) is 12.1 Å². The number of aromatic amines is 2. The van der Waals surface area contributed by atoms with Crippen molar-refractivity contribution in [2.45, 2.75) is 20.0 Å². The average Bonchev–Trinajstić information content (AvgIpc) is 3.62. The van der Waals surface area contributed by atoms with E-state index in [1.54, 1.807) is 25.1 Å². The van der Waals surface area contributed by atoms with Crippen molar-refractivity contribution in [3.8, 4) is 11.8 Å². The maximum absolute atomic E-state index is 15.3. The molecule has 1 saturated heterocycles. The summed E-state index contributed by atoms with van der Waals surface area (Å²) in [4.78, 5) is 15.4. The molecule has 4 heterocycles. The quantitative estimate of drug-likeness (QED) is 0.168. The molecule has 0 amide bonds. The van der Waals surface area contributed by atoms with Crippen molar-refractivity contribution in [1.29, 1.82) is 0 Å². The molecule has 5 aromatic rings. The molecule has 3 aromatic heterocycles. The lowest BCUT2D eigenvalue weighted by Gasteiger charge is -2.37. The van der Waals surface area contributed by atoms with Crippen molar-refractivity contribution in [3.63, 3.8) is 0 Å². The Kier molecular flexibility index (Phi) is 7.57. The van der Waals surface area contributed by atoms with Crippen LogP contribution in [0.15, 0.2) is 54.6 Å². The molecule has 0 spiro atoms. The Hall–Kier alpha value is -5.14. The first-order chi connectivity index (χ1) is 21.1. The topological polar surface area (TPSA) is 98.0 Å². The van der Waals surface area contributed by atoms with Crippen molar-refractivity contribution < 1.29 is 26.7 Å². The van der Waals surface area contributed by atoms with Crippen molar-refractivity contribution >= 4 is 40.1 Å². The van der Waals surface area contributed by atoms with E-state index in [4.69, 9.17) is 4.74 Å². The van der Waals surface area contributed by atoms with E-state index in [1.165, 1.54) is 12.1 Å². The SMILES string of the molecule is C/C=C/c1cc(Nc2cc(N3CCN(c4cccc(C(F)(F)F)c4)CC3)nc(Oc3cc(F)c4[nH]c(C)cc4c3F)n2)n[nH]1. The predicted octanol–water partition coefficient (Wildman–Crippen LogP) is 7.18. The molecule has 0 bridgehead atoms. The summed E-state index contributed by atoms with van der Waals surface area (Å²) in [7, 11) is 0. The van der Waals surface area contributed by atoms with Gasteiger partial charge in [0.2, 0.25) is 0 Å². The van der Waals surface area contributed by atoms with Gasteiger partial charge >= 0.3 is 12.2 Å². The predicted molar refractivity (Wildman–Crippen MR) is 158 cm³/mol. The Morgan fingerprint density at radius 3 is 2.48 bits per heavy atom.